The van der Waals surface area contributed by atoms with Gasteiger partial charge < -0.3 is 9.57 Å². The van der Waals surface area contributed by atoms with Crippen LogP contribution in [0, 0.1) is 10.1 Å². The second-order valence-electron chi connectivity index (χ2n) is 3.01. The lowest BCUT2D eigenvalue weighted by molar-refractivity contribution is -0.384. The Morgan fingerprint density at radius 2 is 2.25 bits per heavy atom. The molecular weight excluding hydrogens is 212 g/mol. The number of benzene rings is 1. The van der Waals surface area contributed by atoms with E-state index in [-0.39, 0.29) is 5.69 Å². The van der Waals surface area contributed by atoms with Crippen LogP contribution >= 0.6 is 0 Å². The molecule has 0 saturated carbocycles. The number of nitro benzene ring substituents is 1. The van der Waals surface area contributed by atoms with Crippen LogP contribution < -0.4 is 10.2 Å². The van der Waals surface area contributed by atoms with E-state index in [9.17, 15) is 10.1 Å². The van der Waals surface area contributed by atoms with E-state index in [4.69, 9.17) is 9.57 Å². The van der Waals surface area contributed by atoms with E-state index in [1.807, 2.05) is 6.92 Å². The monoisotopic (exact) mass is 226 g/mol. The maximum absolute atomic E-state index is 10.6. The quantitative estimate of drug-likeness (QED) is 0.453. The van der Waals surface area contributed by atoms with Crippen molar-refractivity contribution >= 4 is 5.69 Å². The van der Waals surface area contributed by atoms with Crippen molar-refractivity contribution in [3.05, 3.63) is 33.9 Å². The molecule has 0 fully saturated rings. The van der Waals surface area contributed by atoms with E-state index < -0.39 is 4.92 Å². The number of nitro groups is 1. The number of hydroxylamine groups is 1. The summed E-state index contributed by atoms with van der Waals surface area (Å²) in [6.45, 7) is 2.73. The Morgan fingerprint density at radius 1 is 1.50 bits per heavy atom. The van der Waals surface area contributed by atoms with E-state index in [1.165, 1.54) is 19.2 Å². The Morgan fingerprint density at radius 3 is 2.81 bits per heavy atom. The molecule has 0 saturated heterocycles. The molecule has 6 heteroatoms. The summed E-state index contributed by atoms with van der Waals surface area (Å²) in [6, 6.07) is 4.44. The Hall–Kier alpha value is -1.66. The summed E-state index contributed by atoms with van der Waals surface area (Å²) in [5.74, 6) is 0.595. The van der Waals surface area contributed by atoms with Gasteiger partial charge in [0.2, 0.25) is 0 Å². The van der Waals surface area contributed by atoms with E-state index in [0.29, 0.717) is 24.5 Å². The molecule has 1 N–H and O–H groups in total. The van der Waals surface area contributed by atoms with Crippen LogP contribution in [0.25, 0.3) is 0 Å². The molecule has 0 heterocycles. The first-order valence-corrected chi connectivity index (χ1v) is 4.85. The molecule has 0 bridgehead atoms. The summed E-state index contributed by atoms with van der Waals surface area (Å²) in [6.07, 6.45) is 0. The third kappa shape index (κ3) is 3.18. The van der Waals surface area contributed by atoms with Crippen LogP contribution in [0.1, 0.15) is 12.5 Å². The van der Waals surface area contributed by atoms with Crippen molar-refractivity contribution in [1.82, 2.24) is 5.48 Å². The Balaban J connectivity index is 2.84. The van der Waals surface area contributed by atoms with Gasteiger partial charge in [0.1, 0.15) is 5.75 Å². The Bertz CT molecular complexity index is 368. The number of hydrogen-bond donors (Lipinski definition) is 1. The lowest BCUT2D eigenvalue weighted by Gasteiger charge is -2.08. The van der Waals surface area contributed by atoms with Gasteiger partial charge in [-0.1, -0.05) is 0 Å². The molecular formula is C10H14N2O4. The fourth-order valence-electron chi connectivity index (χ4n) is 1.25. The van der Waals surface area contributed by atoms with Gasteiger partial charge in [-0.2, -0.15) is 5.48 Å². The molecule has 0 unspecified atom stereocenters. The zero-order chi connectivity index (χ0) is 12.0. The van der Waals surface area contributed by atoms with Crippen LogP contribution in [-0.2, 0) is 11.4 Å². The largest absolute Gasteiger partial charge is 0.496 e. The average Bonchev–Trinajstić information content (AvgIpc) is 2.29. The van der Waals surface area contributed by atoms with Gasteiger partial charge in [0.05, 0.1) is 18.6 Å². The third-order valence-electron chi connectivity index (χ3n) is 1.98. The molecule has 6 nitrogen and oxygen atoms in total. The third-order valence-corrected chi connectivity index (χ3v) is 1.98. The summed E-state index contributed by atoms with van der Waals surface area (Å²) in [7, 11) is 1.52. The summed E-state index contributed by atoms with van der Waals surface area (Å²) >= 11 is 0. The zero-order valence-electron chi connectivity index (χ0n) is 9.23. The molecule has 1 aromatic rings. The van der Waals surface area contributed by atoms with Crippen LogP contribution in [0.3, 0.4) is 0 Å². The molecule has 0 aromatic heterocycles. The first-order chi connectivity index (χ1) is 7.69. The minimum atomic E-state index is -0.441. The predicted octanol–water partition coefficient (Wildman–Crippen LogP) is 1.64. The lowest BCUT2D eigenvalue weighted by Crippen LogP contribution is -2.14. The van der Waals surface area contributed by atoms with Crippen molar-refractivity contribution in [1.29, 1.82) is 0 Å². The highest BCUT2D eigenvalue weighted by Gasteiger charge is 2.10. The van der Waals surface area contributed by atoms with Crippen molar-refractivity contribution in [3.63, 3.8) is 0 Å². The number of rotatable bonds is 6. The fraction of sp³-hybridized carbons (Fsp3) is 0.400. The molecule has 1 aromatic carbocycles. The average molecular weight is 226 g/mol. The molecule has 16 heavy (non-hydrogen) atoms. The SMILES string of the molecule is CCONCc1cc([N+](=O)[O-])ccc1OC. The predicted molar refractivity (Wildman–Crippen MR) is 58.1 cm³/mol. The first kappa shape index (κ1) is 12.4. The smallest absolute Gasteiger partial charge is 0.270 e. The van der Waals surface area contributed by atoms with Gasteiger partial charge in [0, 0.05) is 24.2 Å². The normalized spacial score (nSPS) is 10.1. The lowest BCUT2D eigenvalue weighted by atomic mass is 10.2. The van der Waals surface area contributed by atoms with Gasteiger partial charge in [-0.3, -0.25) is 10.1 Å². The van der Waals surface area contributed by atoms with Gasteiger partial charge in [-0.15, -0.1) is 0 Å². The van der Waals surface area contributed by atoms with Crippen LogP contribution in [0.2, 0.25) is 0 Å². The highest BCUT2D eigenvalue weighted by molar-refractivity contribution is 5.43. The van der Waals surface area contributed by atoms with E-state index in [0.717, 1.165) is 0 Å². The molecule has 0 aliphatic carbocycles. The van der Waals surface area contributed by atoms with Crippen molar-refractivity contribution in [2.75, 3.05) is 13.7 Å². The van der Waals surface area contributed by atoms with E-state index in [1.54, 1.807) is 6.07 Å². The van der Waals surface area contributed by atoms with Gasteiger partial charge in [0.15, 0.2) is 0 Å². The Labute approximate surface area is 93.3 Å². The Kier molecular flexibility index (Phi) is 4.68. The number of nitrogens with one attached hydrogen (secondary N) is 1. The number of non-ortho nitro benzene ring substituents is 1. The van der Waals surface area contributed by atoms with Crippen LogP contribution in [0.15, 0.2) is 18.2 Å². The topological polar surface area (TPSA) is 73.6 Å². The molecule has 0 amide bonds. The maximum Gasteiger partial charge on any atom is 0.270 e. The molecule has 0 aliphatic heterocycles. The minimum Gasteiger partial charge on any atom is -0.496 e. The summed E-state index contributed by atoms with van der Waals surface area (Å²) < 4.78 is 5.09. The molecule has 0 atom stereocenters. The summed E-state index contributed by atoms with van der Waals surface area (Å²) in [5, 5.41) is 10.6. The van der Waals surface area contributed by atoms with Gasteiger partial charge in [0.25, 0.3) is 5.69 Å². The highest BCUT2D eigenvalue weighted by Crippen LogP contribution is 2.23. The standard InChI is InChI=1S/C10H14N2O4/c1-3-16-11-7-8-6-9(12(13)14)4-5-10(8)15-2/h4-6,11H,3,7H2,1-2H3. The highest BCUT2D eigenvalue weighted by atomic mass is 16.6. The van der Waals surface area contributed by atoms with Gasteiger partial charge >= 0.3 is 0 Å². The fourth-order valence-corrected chi connectivity index (χ4v) is 1.25. The van der Waals surface area contributed by atoms with Gasteiger partial charge in [-0.25, -0.2) is 0 Å². The van der Waals surface area contributed by atoms with Crippen LogP contribution in [-0.4, -0.2) is 18.6 Å². The van der Waals surface area contributed by atoms with Crippen LogP contribution in [0.5, 0.6) is 5.75 Å². The summed E-state index contributed by atoms with van der Waals surface area (Å²) in [5.41, 5.74) is 3.41. The van der Waals surface area contributed by atoms with Gasteiger partial charge in [-0.05, 0) is 13.0 Å². The van der Waals surface area contributed by atoms with E-state index >= 15 is 0 Å². The second-order valence-corrected chi connectivity index (χ2v) is 3.01. The minimum absolute atomic E-state index is 0.0362. The summed E-state index contributed by atoms with van der Waals surface area (Å²) in [4.78, 5) is 15.1. The molecule has 88 valence electrons. The number of hydrogen-bond acceptors (Lipinski definition) is 5. The molecule has 0 aliphatic rings. The van der Waals surface area contributed by atoms with Crippen molar-refractivity contribution in [2.45, 2.75) is 13.5 Å². The first-order valence-electron chi connectivity index (χ1n) is 4.85. The molecule has 1 rings (SSSR count). The number of nitrogens with zero attached hydrogens (tertiary/aromatic N) is 1. The van der Waals surface area contributed by atoms with E-state index in [2.05, 4.69) is 5.48 Å². The molecule has 0 spiro atoms. The van der Waals surface area contributed by atoms with Crippen molar-refractivity contribution < 1.29 is 14.5 Å². The number of ether oxygens (including phenoxy) is 1. The second kappa shape index (κ2) is 6.04. The van der Waals surface area contributed by atoms with Crippen molar-refractivity contribution in [3.8, 4) is 5.75 Å². The molecule has 0 radical (unpaired) electrons. The van der Waals surface area contributed by atoms with Crippen LogP contribution in [0.4, 0.5) is 5.69 Å². The maximum atomic E-state index is 10.6. The zero-order valence-corrected chi connectivity index (χ0v) is 9.23. The number of methoxy groups -OCH3 is 1. The van der Waals surface area contributed by atoms with Crippen molar-refractivity contribution in [2.24, 2.45) is 0 Å².